The molecule has 29 heavy (non-hydrogen) atoms. The summed E-state index contributed by atoms with van der Waals surface area (Å²) in [6.45, 7) is 4.09. The second-order valence-electron chi connectivity index (χ2n) is 7.89. The molecule has 1 amide bonds. The number of rotatable bonds is 6. The van der Waals surface area contributed by atoms with Crippen LogP contribution in [-0.4, -0.2) is 52.8 Å². The van der Waals surface area contributed by atoms with E-state index < -0.39 is 0 Å². The first kappa shape index (κ1) is 19.6. The normalized spacial score (nSPS) is 17.4. The summed E-state index contributed by atoms with van der Waals surface area (Å²) in [5.74, 6) is -0.0368. The van der Waals surface area contributed by atoms with Gasteiger partial charge in [0.1, 0.15) is 6.54 Å². The van der Waals surface area contributed by atoms with E-state index in [-0.39, 0.29) is 24.1 Å². The van der Waals surface area contributed by atoms with Gasteiger partial charge in [0.05, 0.1) is 11.9 Å². The predicted octanol–water partition coefficient (Wildman–Crippen LogP) is 1.62. The summed E-state index contributed by atoms with van der Waals surface area (Å²) in [4.78, 5) is 29.9. The zero-order valence-corrected chi connectivity index (χ0v) is 16.8. The average molecular weight is 396 g/mol. The van der Waals surface area contributed by atoms with E-state index in [0.29, 0.717) is 6.54 Å². The molecule has 2 fully saturated rings. The number of nitrogens with one attached hydrogen (secondary N) is 1. The smallest absolute Gasteiger partial charge is 0.269 e. The van der Waals surface area contributed by atoms with E-state index in [1.165, 1.54) is 4.68 Å². The zero-order valence-electron chi connectivity index (χ0n) is 16.8. The maximum Gasteiger partial charge on any atom is 0.269 e. The number of amides is 1. The zero-order chi connectivity index (χ0) is 20.1. The molecule has 0 spiro atoms. The quantitative estimate of drug-likeness (QED) is 0.805. The van der Waals surface area contributed by atoms with Crippen LogP contribution in [0.2, 0.25) is 0 Å². The minimum Gasteiger partial charge on any atom is -0.368 e. The van der Waals surface area contributed by atoms with E-state index >= 15 is 0 Å². The Morgan fingerprint density at radius 2 is 1.86 bits per heavy atom. The van der Waals surface area contributed by atoms with E-state index in [4.69, 9.17) is 0 Å². The lowest BCUT2D eigenvalue weighted by Crippen LogP contribution is -2.44. The topological polar surface area (TPSA) is 70.5 Å². The van der Waals surface area contributed by atoms with E-state index in [9.17, 15) is 9.59 Å². The molecule has 1 aliphatic carbocycles. The van der Waals surface area contributed by atoms with E-state index in [1.807, 2.05) is 35.2 Å². The fraction of sp³-hybridized carbons (Fsp3) is 0.500. The summed E-state index contributed by atoms with van der Waals surface area (Å²) in [6, 6.07) is 11.9. The van der Waals surface area contributed by atoms with Gasteiger partial charge in [-0.25, -0.2) is 4.68 Å². The Balaban J connectivity index is 1.48. The third kappa shape index (κ3) is 4.85. The number of hydrogen-bond donors (Lipinski definition) is 1. The van der Waals surface area contributed by atoms with E-state index in [0.717, 1.165) is 63.1 Å². The van der Waals surface area contributed by atoms with Gasteiger partial charge in [0, 0.05) is 44.8 Å². The van der Waals surface area contributed by atoms with Crippen LogP contribution >= 0.6 is 0 Å². The number of nitrogens with zero attached hydrogens (tertiary/aromatic N) is 4. The molecule has 0 radical (unpaired) electrons. The van der Waals surface area contributed by atoms with Gasteiger partial charge in [-0.2, -0.15) is 5.10 Å². The first-order valence-corrected chi connectivity index (χ1v) is 10.6. The maximum absolute atomic E-state index is 13.2. The van der Waals surface area contributed by atoms with Gasteiger partial charge in [-0.1, -0.05) is 43.2 Å². The Morgan fingerprint density at radius 1 is 1.14 bits per heavy atom. The van der Waals surface area contributed by atoms with Gasteiger partial charge in [0.15, 0.2) is 0 Å². The van der Waals surface area contributed by atoms with Gasteiger partial charge >= 0.3 is 0 Å². The summed E-state index contributed by atoms with van der Waals surface area (Å²) in [6.07, 6.45) is 6.07. The number of benzene rings is 1. The van der Waals surface area contributed by atoms with Gasteiger partial charge in [-0.05, 0) is 18.4 Å². The van der Waals surface area contributed by atoms with Crippen LogP contribution in [0.3, 0.4) is 0 Å². The lowest BCUT2D eigenvalue weighted by molar-refractivity contribution is -0.135. The highest BCUT2D eigenvalue weighted by Crippen LogP contribution is 2.25. The second kappa shape index (κ2) is 9.22. The largest absolute Gasteiger partial charge is 0.368 e. The Kier molecular flexibility index (Phi) is 6.24. The summed E-state index contributed by atoms with van der Waals surface area (Å²) in [7, 11) is 0. The van der Waals surface area contributed by atoms with Crippen LogP contribution in [0.25, 0.3) is 0 Å². The molecule has 7 heteroatoms. The Labute approximate surface area is 171 Å². The molecule has 0 unspecified atom stereocenters. The maximum atomic E-state index is 13.2. The number of carbonyl (C=O) groups is 1. The predicted molar refractivity (Wildman–Crippen MR) is 113 cm³/mol. The van der Waals surface area contributed by atoms with Gasteiger partial charge in [-0.3, -0.25) is 9.59 Å². The fourth-order valence-corrected chi connectivity index (χ4v) is 4.27. The van der Waals surface area contributed by atoms with Gasteiger partial charge in [-0.15, -0.1) is 0 Å². The number of carbonyl (C=O) groups excluding carboxylic acids is 1. The van der Waals surface area contributed by atoms with Crippen LogP contribution in [0.1, 0.15) is 31.2 Å². The second-order valence-corrected chi connectivity index (χ2v) is 7.89. The molecule has 4 rings (SSSR count). The van der Waals surface area contributed by atoms with Crippen molar-refractivity contribution in [3.8, 4) is 0 Å². The SMILES string of the molecule is O=C(Cn1ncc(N2CCNCC2)cc1=O)N(Cc1ccccc1)C1CCCC1. The third-order valence-corrected chi connectivity index (χ3v) is 5.90. The first-order chi connectivity index (χ1) is 14.2. The molecule has 2 aliphatic rings. The van der Waals surface area contributed by atoms with Gasteiger partial charge in [0.2, 0.25) is 5.91 Å². The number of aromatic nitrogens is 2. The molecule has 1 N–H and O–H groups in total. The molecular formula is C22H29N5O2. The van der Waals surface area contributed by atoms with Crippen molar-refractivity contribution in [3.05, 3.63) is 58.5 Å². The number of anilines is 1. The van der Waals surface area contributed by atoms with Crippen molar-refractivity contribution < 1.29 is 4.79 Å². The highest BCUT2D eigenvalue weighted by atomic mass is 16.2. The standard InChI is InChI=1S/C22H29N5O2/c28-21-14-20(25-12-10-23-11-13-25)15-24-27(21)17-22(29)26(19-8-4-5-9-19)16-18-6-2-1-3-7-18/h1-3,6-7,14-15,19,23H,4-5,8-13,16-17H2. The minimum atomic E-state index is -0.222. The minimum absolute atomic E-state index is 0.00992. The molecule has 1 aromatic heterocycles. The molecule has 7 nitrogen and oxygen atoms in total. The summed E-state index contributed by atoms with van der Waals surface area (Å²) in [5.41, 5.74) is 1.72. The molecule has 1 aromatic carbocycles. The van der Waals surface area contributed by atoms with E-state index in [2.05, 4.69) is 15.3 Å². The fourth-order valence-electron chi connectivity index (χ4n) is 4.27. The lowest BCUT2D eigenvalue weighted by atomic mass is 10.1. The van der Waals surface area contributed by atoms with Gasteiger partial charge < -0.3 is 15.1 Å². The van der Waals surface area contributed by atoms with Crippen LogP contribution in [0, 0.1) is 0 Å². The van der Waals surface area contributed by atoms with Crippen LogP contribution < -0.4 is 15.8 Å². The average Bonchev–Trinajstić information content (AvgIpc) is 3.29. The molecule has 1 saturated carbocycles. The van der Waals surface area contributed by atoms with Crippen molar-refractivity contribution in [2.75, 3.05) is 31.1 Å². The number of piperazine rings is 1. The van der Waals surface area contributed by atoms with Gasteiger partial charge in [0.25, 0.3) is 5.56 Å². The Hall–Kier alpha value is -2.67. The Morgan fingerprint density at radius 3 is 2.55 bits per heavy atom. The molecular weight excluding hydrogens is 366 g/mol. The van der Waals surface area contributed by atoms with Crippen molar-refractivity contribution in [2.24, 2.45) is 0 Å². The van der Waals surface area contributed by atoms with Crippen molar-refractivity contribution in [3.63, 3.8) is 0 Å². The molecule has 1 saturated heterocycles. The third-order valence-electron chi connectivity index (χ3n) is 5.90. The monoisotopic (exact) mass is 395 g/mol. The van der Waals surface area contributed by atoms with Crippen LogP contribution in [0.4, 0.5) is 5.69 Å². The van der Waals surface area contributed by atoms with Crippen LogP contribution in [-0.2, 0) is 17.9 Å². The van der Waals surface area contributed by atoms with Crippen LogP contribution in [0.15, 0.2) is 47.4 Å². The van der Waals surface area contributed by atoms with Crippen molar-refractivity contribution in [1.29, 1.82) is 0 Å². The molecule has 2 aromatic rings. The van der Waals surface area contributed by atoms with Crippen molar-refractivity contribution in [2.45, 2.75) is 44.8 Å². The summed E-state index contributed by atoms with van der Waals surface area (Å²) in [5, 5.41) is 7.60. The van der Waals surface area contributed by atoms with Crippen molar-refractivity contribution in [1.82, 2.24) is 20.0 Å². The lowest BCUT2D eigenvalue weighted by Gasteiger charge is -2.30. The molecule has 2 heterocycles. The van der Waals surface area contributed by atoms with Crippen LogP contribution in [0.5, 0.6) is 0 Å². The summed E-state index contributed by atoms with van der Waals surface area (Å²) < 4.78 is 1.29. The molecule has 0 atom stereocenters. The van der Waals surface area contributed by atoms with E-state index in [1.54, 1.807) is 12.3 Å². The number of hydrogen-bond acceptors (Lipinski definition) is 5. The molecule has 0 bridgehead atoms. The first-order valence-electron chi connectivity index (χ1n) is 10.6. The Bertz CT molecular complexity index is 870. The summed E-state index contributed by atoms with van der Waals surface area (Å²) >= 11 is 0. The molecule has 154 valence electrons. The highest BCUT2D eigenvalue weighted by Gasteiger charge is 2.27. The van der Waals surface area contributed by atoms with Crippen molar-refractivity contribution >= 4 is 11.6 Å². The highest BCUT2D eigenvalue weighted by molar-refractivity contribution is 5.76. The molecule has 1 aliphatic heterocycles.